The lowest BCUT2D eigenvalue weighted by Crippen LogP contribution is -2.15. The number of fused-ring (bicyclic) bond motifs is 2. The van der Waals surface area contributed by atoms with E-state index < -0.39 is 0 Å². The first-order chi connectivity index (χ1) is 18.2. The Kier molecular flexibility index (Phi) is 5.95. The van der Waals surface area contributed by atoms with Crippen molar-refractivity contribution in [2.75, 3.05) is 12.4 Å². The van der Waals surface area contributed by atoms with Crippen LogP contribution in [-0.4, -0.2) is 23.0 Å². The molecule has 6 aromatic rings. The molecule has 0 radical (unpaired) electrons. The fourth-order valence-corrected chi connectivity index (χ4v) is 5.21. The number of carbonyl (C=O) groups excluding carboxylic acids is 1. The first-order valence-electron chi connectivity index (χ1n) is 12.4. The first kappa shape index (κ1) is 22.7. The monoisotopic (exact) mass is 485 g/mol. The number of anilines is 1. The molecule has 5 heteroatoms. The van der Waals surface area contributed by atoms with Crippen molar-refractivity contribution in [2.24, 2.45) is 0 Å². The molecule has 5 nitrogen and oxygen atoms in total. The minimum Gasteiger partial charge on any atom is -0.496 e. The predicted octanol–water partition coefficient (Wildman–Crippen LogP) is 7.28. The Morgan fingerprint density at radius 1 is 0.757 bits per heavy atom. The number of benzene rings is 4. The summed E-state index contributed by atoms with van der Waals surface area (Å²) >= 11 is 0. The van der Waals surface area contributed by atoms with Gasteiger partial charge in [0.15, 0.2) is 0 Å². The molecule has 0 saturated carbocycles. The normalized spacial score (nSPS) is 11.3. The van der Waals surface area contributed by atoms with Gasteiger partial charge in [0.1, 0.15) is 5.75 Å². The van der Waals surface area contributed by atoms with Crippen LogP contribution >= 0.6 is 0 Å². The topological polar surface area (TPSA) is 69.9 Å². The molecule has 2 aromatic heterocycles. The third kappa shape index (κ3) is 4.25. The fourth-order valence-electron chi connectivity index (χ4n) is 5.21. The second-order valence-corrected chi connectivity index (χ2v) is 9.15. The summed E-state index contributed by atoms with van der Waals surface area (Å²) in [4.78, 5) is 20.1. The zero-order chi connectivity index (χ0) is 25.2. The van der Waals surface area contributed by atoms with Gasteiger partial charge >= 0.3 is 0 Å². The summed E-state index contributed by atoms with van der Waals surface area (Å²) in [7, 11) is 1.58. The molecule has 0 aliphatic rings. The molecule has 0 aliphatic heterocycles. The van der Waals surface area contributed by atoms with E-state index in [1.807, 2.05) is 42.5 Å². The van der Waals surface area contributed by atoms with E-state index in [4.69, 9.17) is 4.74 Å². The van der Waals surface area contributed by atoms with Crippen LogP contribution in [0.25, 0.3) is 21.8 Å². The van der Waals surface area contributed by atoms with Gasteiger partial charge in [-0.1, -0.05) is 66.7 Å². The lowest BCUT2D eigenvalue weighted by molar-refractivity contribution is 0.102. The second kappa shape index (κ2) is 9.70. The lowest BCUT2D eigenvalue weighted by Gasteiger charge is -2.19. The summed E-state index contributed by atoms with van der Waals surface area (Å²) in [5.41, 5.74) is 7.04. The highest BCUT2D eigenvalue weighted by Gasteiger charge is 2.23. The second-order valence-electron chi connectivity index (χ2n) is 9.15. The molecule has 0 spiro atoms. The number of aromatic amines is 2. The Bertz CT molecular complexity index is 1640. The number of ether oxygens (including phenoxy) is 1. The molecular weight excluding hydrogens is 458 g/mol. The van der Waals surface area contributed by atoms with Gasteiger partial charge in [-0.3, -0.25) is 4.79 Å². The average molecular weight is 486 g/mol. The summed E-state index contributed by atoms with van der Waals surface area (Å²) < 4.78 is 5.41. The van der Waals surface area contributed by atoms with Gasteiger partial charge in [-0.2, -0.15) is 0 Å². The maximum atomic E-state index is 13.2. The Hall–Kier alpha value is -4.77. The molecular formula is C32H27N3O2. The summed E-state index contributed by atoms with van der Waals surface area (Å²) in [5.74, 6) is 0.421. The number of rotatable bonds is 7. The molecule has 0 saturated heterocycles. The van der Waals surface area contributed by atoms with Crippen molar-refractivity contribution in [1.29, 1.82) is 0 Å². The molecule has 0 fully saturated rings. The smallest absolute Gasteiger partial charge is 0.259 e. The summed E-state index contributed by atoms with van der Waals surface area (Å²) in [6.45, 7) is 0. The highest BCUT2D eigenvalue weighted by Crippen LogP contribution is 2.38. The summed E-state index contributed by atoms with van der Waals surface area (Å²) in [5, 5.41) is 5.54. The minimum atomic E-state index is -0.194. The van der Waals surface area contributed by atoms with Crippen LogP contribution in [0.15, 0.2) is 109 Å². The van der Waals surface area contributed by atoms with Crippen LogP contribution in [0.4, 0.5) is 5.69 Å². The van der Waals surface area contributed by atoms with Crippen LogP contribution < -0.4 is 10.1 Å². The van der Waals surface area contributed by atoms with Crippen molar-refractivity contribution < 1.29 is 9.53 Å². The van der Waals surface area contributed by atoms with Gasteiger partial charge in [0, 0.05) is 45.8 Å². The molecule has 0 atom stereocenters. The van der Waals surface area contributed by atoms with E-state index in [9.17, 15) is 4.79 Å². The van der Waals surface area contributed by atoms with E-state index in [1.54, 1.807) is 19.2 Å². The Balaban J connectivity index is 1.42. The number of H-pyrrole nitrogens is 2. The number of nitrogens with one attached hydrogen (secondary N) is 3. The SMILES string of the molecule is COc1ccccc1C(=O)Nc1ccccc1CC(c1c[nH]c2ccccc12)c1c[nH]c2ccccc12. The van der Waals surface area contributed by atoms with Crippen LogP contribution in [0, 0.1) is 0 Å². The standard InChI is InChI=1S/C32H27N3O2/c1-37-31-17-9-5-13-24(31)32(36)35-28-14-6-2-10-21(28)18-25(26-19-33-29-15-7-3-11-22(26)29)27-20-34-30-16-8-4-12-23(27)30/h2-17,19-20,25,33-34H,18H2,1H3,(H,35,36). The summed E-state index contributed by atoms with van der Waals surface area (Å²) in [6.07, 6.45) is 4.95. The third-order valence-corrected chi connectivity index (χ3v) is 7.03. The fraction of sp³-hybridized carbons (Fsp3) is 0.0938. The largest absolute Gasteiger partial charge is 0.496 e. The number of carbonyl (C=O) groups is 1. The van der Waals surface area contributed by atoms with E-state index >= 15 is 0 Å². The Labute approximate surface area is 215 Å². The van der Waals surface area contributed by atoms with Crippen LogP contribution in [-0.2, 0) is 6.42 Å². The Morgan fingerprint density at radius 3 is 2.00 bits per heavy atom. The molecule has 0 unspecified atom stereocenters. The zero-order valence-corrected chi connectivity index (χ0v) is 20.5. The first-order valence-corrected chi connectivity index (χ1v) is 12.4. The lowest BCUT2D eigenvalue weighted by atomic mass is 9.85. The number of aromatic nitrogens is 2. The van der Waals surface area contributed by atoms with Gasteiger partial charge in [0.2, 0.25) is 0 Å². The highest BCUT2D eigenvalue weighted by molar-refractivity contribution is 6.06. The number of methoxy groups -OCH3 is 1. The number of hydrogen-bond acceptors (Lipinski definition) is 2. The van der Waals surface area contributed by atoms with Crippen molar-refractivity contribution in [3.63, 3.8) is 0 Å². The van der Waals surface area contributed by atoms with Crippen LogP contribution in [0.1, 0.15) is 33.0 Å². The molecule has 4 aromatic carbocycles. The maximum absolute atomic E-state index is 13.2. The van der Waals surface area contributed by atoms with Crippen LogP contribution in [0.2, 0.25) is 0 Å². The van der Waals surface area contributed by atoms with E-state index in [1.165, 1.54) is 21.9 Å². The molecule has 3 N–H and O–H groups in total. The van der Waals surface area contributed by atoms with Crippen LogP contribution in [0.5, 0.6) is 5.75 Å². The van der Waals surface area contributed by atoms with E-state index in [0.29, 0.717) is 17.7 Å². The van der Waals surface area contributed by atoms with Crippen molar-refractivity contribution in [1.82, 2.24) is 9.97 Å². The molecule has 6 rings (SSSR count). The average Bonchev–Trinajstić information content (AvgIpc) is 3.57. The van der Waals surface area contributed by atoms with Gasteiger partial charge in [-0.25, -0.2) is 0 Å². The molecule has 2 heterocycles. The Morgan fingerprint density at radius 2 is 1.32 bits per heavy atom. The van der Waals surface area contributed by atoms with Gasteiger partial charge in [0.05, 0.1) is 12.7 Å². The van der Waals surface area contributed by atoms with Crippen molar-refractivity contribution >= 4 is 33.4 Å². The number of para-hydroxylation sites is 4. The van der Waals surface area contributed by atoms with Crippen molar-refractivity contribution in [2.45, 2.75) is 12.3 Å². The van der Waals surface area contributed by atoms with E-state index in [-0.39, 0.29) is 11.8 Å². The molecule has 37 heavy (non-hydrogen) atoms. The quantitative estimate of drug-likeness (QED) is 0.222. The molecule has 0 bridgehead atoms. The summed E-state index contributed by atoms with van der Waals surface area (Å²) in [6, 6.07) is 32.1. The number of amides is 1. The highest BCUT2D eigenvalue weighted by atomic mass is 16.5. The van der Waals surface area contributed by atoms with Gasteiger partial charge < -0.3 is 20.0 Å². The zero-order valence-electron chi connectivity index (χ0n) is 20.5. The number of hydrogen-bond donors (Lipinski definition) is 3. The van der Waals surface area contributed by atoms with Gasteiger partial charge in [0.25, 0.3) is 5.91 Å². The predicted molar refractivity (Wildman–Crippen MR) is 150 cm³/mol. The minimum absolute atomic E-state index is 0.0663. The molecule has 182 valence electrons. The molecule has 1 amide bonds. The maximum Gasteiger partial charge on any atom is 0.259 e. The van der Waals surface area contributed by atoms with Gasteiger partial charge in [-0.15, -0.1) is 0 Å². The van der Waals surface area contributed by atoms with E-state index in [2.05, 4.69) is 70.1 Å². The van der Waals surface area contributed by atoms with Gasteiger partial charge in [-0.05, 0) is 53.4 Å². The van der Waals surface area contributed by atoms with Crippen LogP contribution in [0.3, 0.4) is 0 Å². The van der Waals surface area contributed by atoms with Crippen molar-refractivity contribution in [3.05, 3.63) is 132 Å². The third-order valence-electron chi connectivity index (χ3n) is 7.03. The van der Waals surface area contributed by atoms with Crippen molar-refractivity contribution in [3.8, 4) is 5.75 Å². The molecule has 0 aliphatic carbocycles. The van der Waals surface area contributed by atoms with E-state index in [0.717, 1.165) is 22.3 Å².